The van der Waals surface area contributed by atoms with E-state index in [4.69, 9.17) is 5.11 Å². The molecule has 1 aliphatic rings. The van der Waals surface area contributed by atoms with Crippen LogP contribution in [-0.2, 0) is 4.79 Å². The van der Waals surface area contributed by atoms with Crippen LogP contribution in [-0.4, -0.2) is 11.1 Å². The van der Waals surface area contributed by atoms with Gasteiger partial charge in [-0.15, -0.1) is 0 Å². The minimum absolute atomic E-state index is 0.0869. The first kappa shape index (κ1) is 7.32. The predicted molar refractivity (Wildman–Crippen MR) is 38.7 cm³/mol. The molecule has 1 fully saturated rings. The number of allylic oxidation sites excluding steroid dienone is 2. The lowest BCUT2D eigenvalue weighted by Crippen LogP contribution is -1.99. The number of aliphatic carboxylic acids is 1. The number of hydrogen-bond acceptors (Lipinski definition) is 1. The number of carboxylic acid groups (broad SMARTS) is 1. The maximum atomic E-state index is 10.4. The van der Waals surface area contributed by atoms with Crippen LogP contribution < -0.4 is 0 Å². The Morgan fingerprint density at radius 1 is 1.60 bits per heavy atom. The van der Waals surface area contributed by atoms with Crippen LogP contribution >= 0.6 is 0 Å². The Kier molecular flexibility index (Phi) is 1.79. The van der Waals surface area contributed by atoms with Crippen molar-refractivity contribution in [3.63, 3.8) is 0 Å². The average Bonchev–Trinajstić information content (AvgIpc) is 2.64. The molecule has 0 aromatic heterocycles. The van der Waals surface area contributed by atoms with E-state index in [-0.39, 0.29) is 5.92 Å². The molecular formula is C8H12O2. The number of hydrogen-bond donors (Lipinski definition) is 1. The summed E-state index contributed by atoms with van der Waals surface area (Å²) in [5.74, 6) is -0.398. The van der Waals surface area contributed by atoms with Crippen molar-refractivity contribution in [2.45, 2.75) is 20.3 Å². The van der Waals surface area contributed by atoms with E-state index in [1.54, 1.807) is 0 Å². The lowest BCUT2D eigenvalue weighted by molar-refractivity contribution is -0.138. The van der Waals surface area contributed by atoms with Crippen LogP contribution in [0, 0.1) is 11.8 Å². The van der Waals surface area contributed by atoms with Crippen LogP contribution in [0.4, 0.5) is 0 Å². The summed E-state index contributed by atoms with van der Waals surface area (Å²) < 4.78 is 0. The number of carboxylic acids is 1. The minimum Gasteiger partial charge on any atom is -0.481 e. The monoisotopic (exact) mass is 140 g/mol. The van der Waals surface area contributed by atoms with Gasteiger partial charge in [0.05, 0.1) is 5.92 Å². The van der Waals surface area contributed by atoms with Crippen LogP contribution in [0.15, 0.2) is 11.6 Å². The summed E-state index contributed by atoms with van der Waals surface area (Å²) in [5, 5.41) is 8.54. The lowest BCUT2D eigenvalue weighted by Gasteiger charge is -1.93. The van der Waals surface area contributed by atoms with Gasteiger partial charge in [0.15, 0.2) is 0 Å². The van der Waals surface area contributed by atoms with Crippen molar-refractivity contribution in [2.75, 3.05) is 0 Å². The van der Waals surface area contributed by atoms with Gasteiger partial charge in [0.1, 0.15) is 0 Å². The van der Waals surface area contributed by atoms with E-state index in [9.17, 15) is 4.79 Å². The summed E-state index contributed by atoms with van der Waals surface area (Å²) in [7, 11) is 0. The molecule has 0 amide bonds. The Balaban J connectivity index is 2.46. The van der Waals surface area contributed by atoms with Gasteiger partial charge in [-0.2, -0.15) is 0 Å². The normalized spacial score (nSPS) is 32.0. The third kappa shape index (κ3) is 1.20. The summed E-state index contributed by atoms with van der Waals surface area (Å²) in [4.78, 5) is 10.4. The summed E-state index contributed by atoms with van der Waals surface area (Å²) in [6.07, 6.45) is 2.83. The highest BCUT2D eigenvalue weighted by Gasteiger charge is 2.43. The van der Waals surface area contributed by atoms with Gasteiger partial charge in [0.25, 0.3) is 0 Å². The van der Waals surface area contributed by atoms with Crippen molar-refractivity contribution < 1.29 is 9.90 Å². The van der Waals surface area contributed by atoms with Crippen molar-refractivity contribution >= 4 is 5.97 Å². The first-order valence-electron chi connectivity index (χ1n) is 3.52. The van der Waals surface area contributed by atoms with Gasteiger partial charge in [0, 0.05) is 0 Å². The topological polar surface area (TPSA) is 37.3 Å². The minimum atomic E-state index is -0.647. The molecule has 1 saturated carbocycles. The second-order valence-corrected chi connectivity index (χ2v) is 2.82. The maximum Gasteiger partial charge on any atom is 0.307 e. The van der Waals surface area contributed by atoms with Gasteiger partial charge in [-0.3, -0.25) is 4.79 Å². The Morgan fingerprint density at radius 2 is 2.20 bits per heavy atom. The van der Waals surface area contributed by atoms with Gasteiger partial charge in [-0.1, -0.05) is 11.6 Å². The fourth-order valence-electron chi connectivity index (χ4n) is 1.19. The molecule has 0 aromatic rings. The molecule has 0 spiro atoms. The third-order valence-electron chi connectivity index (χ3n) is 2.15. The van der Waals surface area contributed by atoms with Crippen molar-refractivity contribution in [3.05, 3.63) is 11.6 Å². The molecule has 1 rings (SSSR count). The van der Waals surface area contributed by atoms with E-state index in [0.29, 0.717) is 5.92 Å². The molecule has 0 radical (unpaired) electrons. The molecule has 1 N–H and O–H groups in total. The molecule has 0 saturated heterocycles. The Morgan fingerprint density at radius 3 is 2.50 bits per heavy atom. The zero-order valence-corrected chi connectivity index (χ0v) is 6.29. The van der Waals surface area contributed by atoms with Gasteiger partial charge in [0.2, 0.25) is 0 Å². The predicted octanol–water partition coefficient (Wildman–Crippen LogP) is 1.67. The largest absolute Gasteiger partial charge is 0.481 e. The van der Waals surface area contributed by atoms with E-state index < -0.39 is 5.97 Å². The first-order valence-corrected chi connectivity index (χ1v) is 3.52. The number of rotatable bonds is 2. The molecule has 0 bridgehead atoms. The van der Waals surface area contributed by atoms with Gasteiger partial charge in [-0.05, 0) is 26.2 Å². The second-order valence-electron chi connectivity index (χ2n) is 2.82. The van der Waals surface area contributed by atoms with E-state index in [0.717, 1.165) is 6.42 Å². The second kappa shape index (κ2) is 2.45. The average molecular weight is 140 g/mol. The standard InChI is InChI=1S/C8H12O2/c1-3-5(2)6-4-7(6)8(9)10/h3,6-7H,4H2,1-2H3,(H,9,10). The summed E-state index contributed by atoms with van der Waals surface area (Å²) >= 11 is 0. The molecule has 2 nitrogen and oxygen atoms in total. The van der Waals surface area contributed by atoms with Crippen LogP contribution in [0.3, 0.4) is 0 Å². The van der Waals surface area contributed by atoms with E-state index in [2.05, 4.69) is 0 Å². The Labute approximate surface area is 60.6 Å². The van der Waals surface area contributed by atoms with Crippen LogP contribution in [0.25, 0.3) is 0 Å². The highest BCUT2D eigenvalue weighted by Crippen LogP contribution is 2.43. The molecule has 0 aromatic carbocycles. The SMILES string of the molecule is CC=C(C)C1CC1C(=O)O. The Hall–Kier alpha value is -0.790. The molecule has 1 aliphatic carbocycles. The molecule has 0 aliphatic heterocycles. The lowest BCUT2D eigenvalue weighted by atomic mass is 10.1. The van der Waals surface area contributed by atoms with Crippen LogP contribution in [0.1, 0.15) is 20.3 Å². The zero-order chi connectivity index (χ0) is 7.72. The molecular weight excluding hydrogens is 128 g/mol. The van der Waals surface area contributed by atoms with Crippen molar-refractivity contribution in [1.29, 1.82) is 0 Å². The summed E-state index contributed by atoms with van der Waals surface area (Å²) in [5.41, 5.74) is 1.22. The smallest absolute Gasteiger partial charge is 0.307 e. The van der Waals surface area contributed by atoms with Crippen molar-refractivity contribution in [3.8, 4) is 0 Å². The fourth-order valence-corrected chi connectivity index (χ4v) is 1.19. The molecule has 56 valence electrons. The zero-order valence-electron chi connectivity index (χ0n) is 6.29. The molecule has 2 atom stereocenters. The summed E-state index contributed by atoms with van der Waals surface area (Å²) in [6.45, 7) is 3.94. The summed E-state index contributed by atoms with van der Waals surface area (Å²) in [6, 6.07) is 0. The fraction of sp³-hybridized carbons (Fsp3) is 0.625. The van der Waals surface area contributed by atoms with Crippen LogP contribution in [0.2, 0.25) is 0 Å². The first-order chi connectivity index (χ1) is 4.66. The van der Waals surface area contributed by atoms with E-state index in [1.807, 2.05) is 19.9 Å². The highest BCUT2D eigenvalue weighted by atomic mass is 16.4. The van der Waals surface area contributed by atoms with Gasteiger partial charge in [-0.25, -0.2) is 0 Å². The van der Waals surface area contributed by atoms with Crippen molar-refractivity contribution in [1.82, 2.24) is 0 Å². The van der Waals surface area contributed by atoms with E-state index >= 15 is 0 Å². The molecule has 10 heavy (non-hydrogen) atoms. The quantitative estimate of drug-likeness (QED) is 0.592. The van der Waals surface area contributed by atoms with Crippen LogP contribution in [0.5, 0.6) is 0 Å². The number of carbonyl (C=O) groups is 1. The Bertz CT molecular complexity index is 182. The van der Waals surface area contributed by atoms with Gasteiger partial charge >= 0.3 is 5.97 Å². The molecule has 2 unspecified atom stereocenters. The van der Waals surface area contributed by atoms with Crippen molar-refractivity contribution in [2.24, 2.45) is 11.8 Å². The molecule has 0 heterocycles. The third-order valence-corrected chi connectivity index (χ3v) is 2.15. The highest BCUT2D eigenvalue weighted by molar-refractivity contribution is 5.74. The molecule has 2 heteroatoms. The van der Waals surface area contributed by atoms with Gasteiger partial charge < -0.3 is 5.11 Å². The van der Waals surface area contributed by atoms with E-state index in [1.165, 1.54) is 5.57 Å². The maximum absolute atomic E-state index is 10.4.